The van der Waals surface area contributed by atoms with Crippen molar-refractivity contribution in [3.63, 3.8) is 0 Å². The lowest BCUT2D eigenvalue weighted by molar-refractivity contribution is -0.158. The van der Waals surface area contributed by atoms with Crippen LogP contribution in [0.1, 0.15) is 129 Å². The van der Waals surface area contributed by atoms with E-state index in [4.69, 9.17) is 14.6 Å². The molecule has 0 heterocycles. The van der Waals surface area contributed by atoms with Gasteiger partial charge >= 0.3 is 17.9 Å². The van der Waals surface area contributed by atoms with E-state index in [2.05, 4.69) is 6.92 Å². The molecule has 0 aliphatic heterocycles. The number of esters is 2. The average Bonchev–Trinajstić information content (AvgIpc) is 2.73. The van der Waals surface area contributed by atoms with Crippen molar-refractivity contribution in [3.05, 3.63) is 0 Å². The molecule has 0 aromatic carbocycles. The number of rotatable bonds is 22. The van der Waals surface area contributed by atoms with Crippen LogP contribution >= 0.6 is 0 Å². The lowest BCUT2D eigenvalue weighted by Gasteiger charge is -2.13. The highest BCUT2D eigenvalue weighted by molar-refractivity contribution is 5.76. The summed E-state index contributed by atoms with van der Waals surface area (Å²) in [4.78, 5) is 33.5. The normalized spacial score (nSPS) is 11.8. The lowest BCUT2D eigenvalue weighted by Crippen LogP contribution is -2.22. The maximum absolute atomic E-state index is 11.8. The molecule has 0 fully saturated rings. The van der Waals surface area contributed by atoms with E-state index in [9.17, 15) is 14.4 Å². The Morgan fingerprint density at radius 1 is 0.645 bits per heavy atom. The van der Waals surface area contributed by atoms with Crippen molar-refractivity contribution in [1.29, 1.82) is 0 Å². The molecule has 31 heavy (non-hydrogen) atoms. The van der Waals surface area contributed by atoms with Gasteiger partial charge < -0.3 is 14.6 Å². The summed E-state index contributed by atoms with van der Waals surface area (Å²) in [5, 5.41) is 8.51. The summed E-state index contributed by atoms with van der Waals surface area (Å²) < 4.78 is 10.1. The third-order valence-electron chi connectivity index (χ3n) is 5.34. The minimum absolute atomic E-state index is 0.0386. The summed E-state index contributed by atoms with van der Waals surface area (Å²) in [6, 6.07) is 0. The van der Waals surface area contributed by atoms with Crippen LogP contribution in [0, 0.1) is 0 Å². The molecule has 0 radical (unpaired) electrons. The SMILES string of the molecule is CCCCCCCCCCCCCCCCCC(=O)OC(C)COC(=O)CCC(=O)O. The van der Waals surface area contributed by atoms with Gasteiger partial charge in [-0.1, -0.05) is 96.8 Å². The van der Waals surface area contributed by atoms with E-state index in [0.29, 0.717) is 6.42 Å². The molecular weight excluding hydrogens is 396 g/mol. The van der Waals surface area contributed by atoms with Crippen LogP contribution in [0.25, 0.3) is 0 Å². The van der Waals surface area contributed by atoms with E-state index in [1.54, 1.807) is 6.92 Å². The van der Waals surface area contributed by atoms with Gasteiger partial charge in [-0.05, 0) is 13.3 Å². The molecular formula is C25H46O6. The maximum atomic E-state index is 11.8. The third kappa shape index (κ3) is 22.9. The van der Waals surface area contributed by atoms with Crippen LogP contribution in [0.3, 0.4) is 0 Å². The second kappa shape index (κ2) is 21.6. The van der Waals surface area contributed by atoms with Crippen molar-refractivity contribution in [2.45, 2.75) is 136 Å². The summed E-state index contributed by atoms with van der Waals surface area (Å²) in [5.41, 5.74) is 0. The van der Waals surface area contributed by atoms with E-state index >= 15 is 0 Å². The highest BCUT2D eigenvalue weighted by Crippen LogP contribution is 2.14. The van der Waals surface area contributed by atoms with Crippen molar-refractivity contribution >= 4 is 17.9 Å². The van der Waals surface area contributed by atoms with E-state index in [0.717, 1.165) is 19.3 Å². The Hall–Kier alpha value is -1.59. The van der Waals surface area contributed by atoms with Gasteiger partial charge in [0.15, 0.2) is 0 Å². The van der Waals surface area contributed by atoms with Crippen molar-refractivity contribution in [3.8, 4) is 0 Å². The first-order valence-electron chi connectivity index (χ1n) is 12.5. The molecule has 0 amide bonds. The number of aliphatic carboxylic acids is 1. The molecule has 0 aliphatic rings. The Balaban J connectivity index is 3.38. The highest BCUT2D eigenvalue weighted by atomic mass is 16.6. The first-order chi connectivity index (χ1) is 15.0. The molecule has 0 saturated carbocycles. The molecule has 0 aromatic heterocycles. The van der Waals surface area contributed by atoms with E-state index in [1.807, 2.05) is 0 Å². The molecule has 1 unspecified atom stereocenters. The van der Waals surface area contributed by atoms with Gasteiger partial charge in [-0.15, -0.1) is 0 Å². The number of hydrogen-bond acceptors (Lipinski definition) is 5. The summed E-state index contributed by atoms with van der Waals surface area (Å²) in [5.74, 6) is -1.91. The third-order valence-corrected chi connectivity index (χ3v) is 5.34. The van der Waals surface area contributed by atoms with Crippen molar-refractivity contribution in [1.82, 2.24) is 0 Å². The molecule has 0 rings (SSSR count). The topological polar surface area (TPSA) is 89.9 Å². The first-order valence-corrected chi connectivity index (χ1v) is 12.5. The maximum Gasteiger partial charge on any atom is 0.306 e. The molecule has 182 valence electrons. The number of carbonyl (C=O) groups excluding carboxylic acids is 2. The zero-order valence-electron chi connectivity index (χ0n) is 20.0. The molecule has 0 aromatic rings. The lowest BCUT2D eigenvalue weighted by atomic mass is 10.0. The molecule has 6 heteroatoms. The van der Waals surface area contributed by atoms with Gasteiger partial charge in [0.2, 0.25) is 0 Å². The summed E-state index contributed by atoms with van der Waals surface area (Å²) in [6.45, 7) is 3.88. The van der Waals surface area contributed by atoms with Crippen LogP contribution in [0.15, 0.2) is 0 Å². The zero-order valence-corrected chi connectivity index (χ0v) is 20.0. The van der Waals surface area contributed by atoms with Crippen LogP contribution in [0.5, 0.6) is 0 Å². The van der Waals surface area contributed by atoms with Gasteiger partial charge in [0.1, 0.15) is 12.7 Å². The fourth-order valence-electron chi connectivity index (χ4n) is 3.45. The highest BCUT2D eigenvalue weighted by Gasteiger charge is 2.13. The number of ether oxygens (including phenoxy) is 2. The van der Waals surface area contributed by atoms with Gasteiger partial charge in [0.05, 0.1) is 12.8 Å². The summed E-state index contributed by atoms with van der Waals surface area (Å²) in [7, 11) is 0. The molecule has 0 saturated heterocycles. The van der Waals surface area contributed by atoms with Crippen LogP contribution in [-0.2, 0) is 23.9 Å². The largest absolute Gasteiger partial charge is 0.481 e. The van der Waals surface area contributed by atoms with Crippen molar-refractivity contribution < 1.29 is 29.0 Å². The molecule has 0 aliphatic carbocycles. The Bertz CT molecular complexity index is 463. The van der Waals surface area contributed by atoms with Crippen LogP contribution in [0.2, 0.25) is 0 Å². The summed E-state index contributed by atoms with van der Waals surface area (Å²) >= 11 is 0. The minimum Gasteiger partial charge on any atom is -0.481 e. The zero-order chi connectivity index (χ0) is 23.2. The van der Waals surface area contributed by atoms with Gasteiger partial charge in [-0.25, -0.2) is 0 Å². The minimum atomic E-state index is -1.04. The van der Waals surface area contributed by atoms with E-state index in [-0.39, 0.29) is 25.4 Å². The monoisotopic (exact) mass is 442 g/mol. The van der Waals surface area contributed by atoms with Gasteiger partial charge in [-0.2, -0.15) is 0 Å². The standard InChI is InChI=1S/C25H46O6/c1-3-4-5-6-7-8-9-10-11-12-13-14-15-16-17-18-25(29)31-22(2)21-30-24(28)20-19-23(26)27/h22H,3-21H2,1-2H3,(H,26,27). The van der Waals surface area contributed by atoms with Crippen LogP contribution in [-0.4, -0.2) is 35.7 Å². The van der Waals surface area contributed by atoms with Crippen molar-refractivity contribution in [2.24, 2.45) is 0 Å². The fourth-order valence-corrected chi connectivity index (χ4v) is 3.45. The number of carboxylic acid groups (broad SMARTS) is 1. The van der Waals surface area contributed by atoms with Gasteiger partial charge in [-0.3, -0.25) is 14.4 Å². The predicted molar refractivity (Wildman–Crippen MR) is 123 cm³/mol. The molecule has 0 spiro atoms. The predicted octanol–water partition coefficient (Wildman–Crippen LogP) is 6.59. The van der Waals surface area contributed by atoms with Crippen LogP contribution in [0.4, 0.5) is 0 Å². The number of carbonyl (C=O) groups is 3. The average molecular weight is 443 g/mol. The van der Waals surface area contributed by atoms with Gasteiger partial charge in [0.25, 0.3) is 0 Å². The Labute approximate surface area is 189 Å². The Morgan fingerprint density at radius 3 is 1.55 bits per heavy atom. The van der Waals surface area contributed by atoms with E-state index < -0.39 is 18.0 Å². The second-order valence-electron chi connectivity index (χ2n) is 8.58. The number of carboxylic acids is 1. The molecule has 6 nitrogen and oxygen atoms in total. The summed E-state index contributed by atoms with van der Waals surface area (Å²) in [6.07, 6.45) is 18.7. The Morgan fingerprint density at radius 2 is 1.10 bits per heavy atom. The number of hydrogen-bond donors (Lipinski definition) is 1. The Kier molecular flexibility index (Phi) is 20.5. The quantitative estimate of drug-likeness (QED) is 0.150. The van der Waals surface area contributed by atoms with Crippen LogP contribution < -0.4 is 0 Å². The number of unbranched alkanes of at least 4 members (excludes halogenated alkanes) is 14. The van der Waals surface area contributed by atoms with Crippen molar-refractivity contribution in [2.75, 3.05) is 6.61 Å². The molecule has 1 atom stereocenters. The molecule has 0 bridgehead atoms. The molecule has 1 N–H and O–H groups in total. The fraction of sp³-hybridized carbons (Fsp3) is 0.880. The second-order valence-corrected chi connectivity index (χ2v) is 8.58. The van der Waals surface area contributed by atoms with Gasteiger partial charge in [0, 0.05) is 6.42 Å². The van der Waals surface area contributed by atoms with E-state index in [1.165, 1.54) is 77.0 Å². The first kappa shape index (κ1) is 29.4. The smallest absolute Gasteiger partial charge is 0.306 e.